The Labute approximate surface area is 238 Å². The van der Waals surface area contributed by atoms with Gasteiger partial charge in [0, 0.05) is 28.2 Å². The first-order chi connectivity index (χ1) is 18.0. The van der Waals surface area contributed by atoms with Crippen molar-refractivity contribution in [2.24, 2.45) is 0 Å². The Kier molecular flexibility index (Phi) is 10.4. The lowest BCUT2D eigenvalue weighted by Gasteiger charge is -2.32. The molecule has 202 valence electrons. The predicted molar refractivity (Wildman–Crippen MR) is 152 cm³/mol. The highest BCUT2D eigenvalue weighted by Gasteiger charge is 2.32. The summed E-state index contributed by atoms with van der Waals surface area (Å²) in [6.45, 7) is 3.37. The van der Waals surface area contributed by atoms with Gasteiger partial charge in [0.05, 0.1) is 10.6 Å². The SMILES string of the molecule is CCCNC(=O)[C@@H](C)N(Cc1ccc(Cl)cc1Cl)C(=O)CN(c1ccccc1)S(=O)(=O)c1ccc(Cl)cc1. The number of para-hydroxylation sites is 1. The minimum atomic E-state index is -4.16. The molecule has 0 saturated heterocycles. The van der Waals surface area contributed by atoms with Gasteiger partial charge in [-0.2, -0.15) is 0 Å². The molecule has 3 aromatic carbocycles. The molecule has 0 unspecified atom stereocenters. The van der Waals surface area contributed by atoms with Crippen LogP contribution < -0.4 is 9.62 Å². The van der Waals surface area contributed by atoms with Crippen LogP contribution in [0.25, 0.3) is 0 Å². The second kappa shape index (κ2) is 13.3. The van der Waals surface area contributed by atoms with Crippen LogP contribution in [0.15, 0.2) is 77.7 Å². The smallest absolute Gasteiger partial charge is 0.264 e. The Balaban J connectivity index is 2.01. The minimum absolute atomic E-state index is 0.0282. The predicted octanol–water partition coefficient (Wildman–Crippen LogP) is 5.79. The number of hydrogen-bond acceptors (Lipinski definition) is 4. The van der Waals surface area contributed by atoms with Crippen LogP contribution in [0.5, 0.6) is 0 Å². The van der Waals surface area contributed by atoms with E-state index in [1.807, 2.05) is 6.92 Å². The number of amides is 2. The van der Waals surface area contributed by atoms with Gasteiger partial charge in [-0.3, -0.25) is 13.9 Å². The third kappa shape index (κ3) is 7.41. The third-order valence-corrected chi connectivity index (χ3v) is 8.42. The molecule has 3 rings (SSSR count). The van der Waals surface area contributed by atoms with Crippen molar-refractivity contribution in [2.45, 2.75) is 37.8 Å². The normalized spacial score (nSPS) is 12.0. The van der Waals surface area contributed by atoms with Crippen molar-refractivity contribution in [1.29, 1.82) is 0 Å². The molecule has 11 heteroatoms. The highest BCUT2D eigenvalue weighted by molar-refractivity contribution is 7.92. The monoisotopic (exact) mass is 595 g/mol. The van der Waals surface area contributed by atoms with Gasteiger partial charge in [0.1, 0.15) is 12.6 Å². The highest BCUT2D eigenvalue weighted by Crippen LogP contribution is 2.27. The Bertz CT molecular complexity index is 1370. The molecule has 0 aromatic heterocycles. The topological polar surface area (TPSA) is 86.8 Å². The van der Waals surface area contributed by atoms with Gasteiger partial charge in [-0.15, -0.1) is 0 Å². The standard InChI is InChI=1S/C27H28Cl3N3O4S/c1-3-15-31-27(35)19(2)32(17-20-9-10-22(29)16-25(20)30)26(34)18-33(23-7-5-4-6-8-23)38(36,37)24-13-11-21(28)12-14-24/h4-14,16,19H,3,15,17-18H2,1-2H3,(H,31,35)/t19-/m1/s1. The molecular weight excluding hydrogens is 569 g/mol. The minimum Gasteiger partial charge on any atom is -0.354 e. The molecule has 0 aliphatic heterocycles. The summed E-state index contributed by atoms with van der Waals surface area (Å²) in [5, 5.41) is 3.92. The quantitative estimate of drug-likeness (QED) is 0.304. The maximum Gasteiger partial charge on any atom is 0.264 e. The van der Waals surface area contributed by atoms with Gasteiger partial charge < -0.3 is 10.2 Å². The van der Waals surface area contributed by atoms with Gasteiger partial charge in [-0.1, -0.05) is 66.0 Å². The zero-order valence-corrected chi connectivity index (χ0v) is 24.0. The summed E-state index contributed by atoms with van der Waals surface area (Å²) in [4.78, 5) is 28.0. The molecule has 0 spiro atoms. The first-order valence-corrected chi connectivity index (χ1v) is 14.5. The summed E-state index contributed by atoms with van der Waals surface area (Å²) in [5.41, 5.74) is 0.856. The fourth-order valence-corrected chi connectivity index (χ4v) is 5.68. The summed E-state index contributed by atoms with van der Waals surface area (Å²) < 4.78 is 28.4. The zero-order valence-electron chi connectivity index (χ0n) is 20.9. The second-order valence-corrected chi connectivity index (χ2v) is 11.7. The van der Waals surface area contributed by atoms with Gasteiger partial charge in [0.2, 0.25) is 11.8 Å². The lowest BCUT2D eigenvalue weighted by Crippen LogP contribution is -2.51. The number of hydrogen-bond donors (Lipinski definition) is 1. The molecule has 3 aromatic rings. The number of rotatable bonds is 11. The van der Waals surface area contributed by atoms with E-state index in [0.717, 1.165) is 10.7 Å². The van der Waals surface area contributed by atoms with E-state index in [9.17, 15) is 18.0 Å². The van der Waals surface area contributed by atoms with Crippen LogP contribution in [0.2, 0.25) is 15.1 Å². The molecular formula is C27H28Cl3N3O4S. The van der Waals surface area contributed by atoms with E-state index in [1.54, 1.807) is 55.5 Å². The molecule has 1 N–H and O–H groups in total. The summed E-state index contributed by atoms with van der Waals surface area (Å²) in [6, 6.07) is 17.9. The number of sulfonamides is 1. The molecule has 0 heterocycles. The van der Waals surface area contributed by atoms with Crippen LogP contribution in [0, 0.1) is 0 Å². The first-order valence-electron chi connectivity index (χ1n) is 11.9. The summed E-state index contributed by atoms with van der Waals surface area (Å²) >= 11 is 18.4. The summed E-state index contributed by atoms with van der Waals surface area (Å²) in [6.07, 6.45) is 0.719. The van der Waals surface area contributed by atoms with Crippen molar-refractivity contribution >= 4 is 62.3 Å². The van der Waals surface area contributed by atoms with Crippen LogP contribution in [-0.4, -0.2) is 44.3 Å². The first kappa shape index (κ1) is 29.8. The van der Waals surface area contributed by atoms with Gasteiger partial charge in [-0.25, -0.2) is 8.42 Å². The van der Waals surface area contributed by atoms with E-state index in [1.165, 1.54) is 29.2 Å². The van der Waals surface area contributed by atoms with Gasteiger partial charge in [0.25, 0.3) is 10.0 Å². The Morgan fingerprint density at radius 3 is 2.16 bits per heavy atom. The second-order valence-electron chi connectivity index (χ2n) is 8.53. The van der Waals surface area contributed by atoms with Crippen LogP contribution in [0.3, 0.4) is 0 Å². The van der Waals surface area contributed by atoms with Crippen molar-refractivity contribution in [3.8, 4) is 0 Å². The van der Waals surface area contributed by atoms with E-state index in [-0.39, 0.29) is 17.3 Å². The highest BCUT2D eigenvalue weighted by atomic mass is 35.5. The molecule has 38 heavy (non-hydrogen) atoms. The number of anilines is 1. The van der Waals surface area contributed by atoms with Crippen LogP contribution in [0.1, 0.15) is 25.8 Å². The van der Waals surface area contributed by atoms with Gasteiger partial charge >= 0.3 is 0 Å². The van der Waals surface area contributed by atoms with Crippen LogP contribution in [0.4, 0.5) is 5.69 Å². The number of nitrogens with zero attached hydrogens (tertiary/aromatic N) is 2. The molecule has 0 aliphatic carbocycles. The van der Waals surface area contributed by atoms with Crippen molar-refractivity contribution in [1.82, 2.24) is 10.2 Å². The number of carbonyl (C=O) groups excluding carboxylic acids is 2. The average Bonchev–Trinajstić information content (AvgIpc) is 2.90. The molecule has 2 amide bonds. The van der Waals surface area contributed by atoms with E-state index in [2.05, 4.69) is 5.32 Å². The Hall–Kier alpha value is -2.78. The third-order valence-electron chi connectivity index (χ3n) is 5.80. The molecule has 7 nitrogen and oxygen atoms in total. The van der Waals surface area contributed by atoms with Crippen molar-refractivity contribution in [3.05, 3.63) is 93.4 Å². The molecule has 0 bridgehead atoms. The van der Waals surface area contributed by atoms with Crippen LogP contribution in [-0.2, 0) is 26.2 Å². The van der Waals surface area contributed by atoms with Crippen LogP contribution >= 0.6 is 34.8 Å². The molecule has 0 saturated carbocycles. The van der Waals surface area contributed by atoms with E-state index >= 15 is 0 Å². The fraction of sp³-hybridized carbons (Fsp3) is 0.259. The zero-order chi connectivity index (χ0) is 27.9. The Morgan fingerprint density at radius 2 is 1.55 bits per heavy atom. The maximum atomic E-state index is 13.8. The fourth-order valence-electron chi connectivity index (χ4n) is 3.67. The van der Waals surface area contributed by atoms with E-state index in [0.29, 0.717) is 32.9 Å². The van der Waals surface area contributed by atoms with E-state index < -0.39 is 28.5 Å². The van der Waals surface area contributed by atoms with Gasteiger partial charge in [0.15, 0.2) is 0 Å². The number of nitrogens with one attached hydrogen (secondary N) is 1. The lowest BCUT2D eigenvalue weighted by molar-refractivity contribution is -0.139. The Morgan fingerprint density at radius 1 is 0.921 bits per heavy atom. The number of benzene rings is 3. The number of carbonyl (C=O) groups is 2. The summed E-state index contributed by atoms with van der Waals surface area (Å²) in [5.74, 6) is -0.950. The van der Waals surface area contributed by atoms with Crippen molar-refractivity contribution in [2.75, 3.05) is 17.4 Å². The molecule has 1 atom stereocenters. The number of halogens is 3. The van der Waals surface area contributed by atoms with Crippen molar-refractivity contribution < 1.29 is 18.0 Å². The van der Waals surface area contributed by atoms with Gasteiger partial charge in [-0.05, 0) is 67.4 Å². The maximum absolute atomic E-state index is 13.8. The molecule has 0 radical (unpaired) electrons. The van der Waals surface area contributed by atoms with Crippen molar-refractivity contribution in [3.63, 3.8) is 0 Å². The largest absolute Gasteiger partial charge is 0.354 e. The molecule has 0 fully saturated rings. The molecule has 0 aliphatic rings. The van der Waals surface area contributed by atoms with E-state index in [4.69, 9.17) is 34.8 Å². The summed E-state index contributed by atoms with van der Waals surface area (Å²) in [7, 11) is -4.16. The lowest BCUT2D eigenvalue weighted by atomic mass is 10.1. The average molecular weight is 597 g/mol.